The lowest BCUT2D eigenvalue weighted by molar-refractivity contribution is 0.949. The van der Waals surface area contributed by atoms with Gasteiger partial charge < -0.3 is 0 Å². The molecule has 0 unspecified atom stereocenters. The molecule has 0 aliphatic carbocycles. The molecule has 0 N–H and O–H groups in total. The van der Waals surface area contributed by atoms with Gasteiger partial charge in [0, 0.05) is 0 Å². The third-order valence-electron chi connectivity index (χ3n) is 1.33. The Balaban J connectivity index is -0.000000000294. The highest BCUT2D eigenvalue weighted by molar-refractivity contribution is 7.57. The van der Waals surface area contributed by atoms with Crippen LogP contribution in [0.3, 0.4) is 0 Å². The molecular weight excluding hydrogens is 480 g/mol. The molecule has 0 radical (unpaired) electrons. The zero-order valence-electron chi connectivity index (χ0n) is 4.28. The van der Waals surface area contributed by atoms with Crippen molar-refractivity contribution in [3.05, 3.63) is 0 Å². The van der Waals surface area contributed by atoms with Gasteiger partial charge >= 0.3 is 0 Å². The van der Waals surface area contributed by atoms with Gasteiger partial charge in [0.25, 0.3) is 0 Å². The predicted molar refractivity (Wildman–Crippen MR) is 390 cm³/mol. The number of rotatable bonds is 0. The molecule has 0 aromatic carbocycles. The van der Waals surface area contributed by atoms with Crippen LogP contribution in [0.4, 0.5) is 0 Å². The van der Waals surface area contributed by atoms with E-state index in [9.17, 15) is 0 Å². The molecule has 0 bridgehead atoms. The van der Waals surface area contributed by atoms with Crippen LogP contribution < -0.4 is 0 Å². The standard InChI is InChI=1S/C5H11P.36BH3/c1-6-4-2-3-5-6;;;;;;;;;;;;;;;;;;;;;;;;;;;;;;;;;;;;/h2-5H2,1H3;36*1H3. The molecule has 1 saturated heterocycles. The van der Waals surface area contributed by atoms with Gasteiger partial charge in [0.15, 0.2) is 0 Å². The molecule has 0 saturated carbocycles. The van der Waals surface area contributed by atoms with E-state index < -0.39 is 0 Å². The monoisotopic (exact) mass is 607 g/mol. The molecule has 37 heteroatoms. The zero-order chi connectivity index (χ0) is 4.41. The van der Waals surface area contributed by atoms with Crippen molar-refractivity contribution in [2.24, 2.45) is 0 Å². The first-order valence-corrected chi connectivity index (χ1v) is 4.74. The minimum absolute atomic E-state index is 0. The first kappa shape index (κ1) is 1120. The maximum Gasteiger partial charge on any atom is 0.0814 e. The molecule has 1 fully saturated rings. The molecule has 0 aromatic rings. The Kier molecular flexibility index (Phi) is 22300. The van der Waals surface area contributed by atoms with Gasteiger partial charge in [-0.15, -0.1) is 7.92 Å². The van der Waals surface area contributed by atoms with Gasteiger partial charge in [-0.1, -0.05) is 0 Å². The predicted octanol–water partition coefficient (Wildman–Crippen LogP) is -40.7. The molecule has 0 atom stereocenters. The van der Waals surface area contributed by atoms with Gasteiger partial charge in [-0.2, -0.15) is 0 Å². The molecule has 1 rings (SSSR count). The van der Waals surface area contributed by atoms with E-state index in [1.807, 2.05) is 0 Å². The smallest absolute Gasteiger partial charge is 0.0814 e. The SMILES string of the molecule is B.B.B.B.B.B.B.B.B.B.B.B.B.B.B.B.B.B.B.B.B.B.B.B.B.B.B.B.B.B.B.B.B.B.B.B.CP1CCCC1. The molecule has 252 valence electrons. The molecule has 0 nitrogen and oxygen atoms in total. The van der Waals surface area contributed by atoms with E-state index in [0.717, 1.165) is 0 Å². The Morgan fingerprint density at radius 1 is 0.190 bits per heavy atom. The van der Waals surface area contributed by atoms with Crippen LogP contribution in [0.2, 0.25) is 0 Å². The van der Waals surface area contributed by atoms with Crippen LogP contribution in [-0.2, 0) is 0 Å². The van der Waals surface area contributed by atoms with Crippen molar-refractivity contribution in [3.63, 3.8) is 0 Å². The summed E-state index contributed by atoms with van der Waals surface area (Å²) in [5, 5.41) is 0. The summed E-state index contributed by atoms with van der Waals surface area (Å²) < 4.78 is 0. The summed E-state index contributed by atoms with van der Waals surface area (Å²) in [6.07, 6.45) is 6.13. The minimum Gasteiger partial charge on any atom is -0.110 e. The third-order valence-corrected chi connectivity index (χ3v) is 3.49. The third kappa shape index (κ3) is 782. The number of hydrogen-bond acceptors (Lipinski definition) is 0. The van der Waals surface area contributed by atoms with E-state index in [0.29, 0.717) is 7.92 Å². The van der Waals surface area contributed by atoms with E-state index in [-0.39, 0.29) is 303 Å². The molecule has 0 amide bonds. The van der Waals surface area contributed by atoms with Gasteiger partial charge in [-0.3, -0.25) is 0 Å². The van der Waals surface area contributed by atoms with Crippen molar-refractivity contribution in [1.82, 2.24) is 0 Å². The maximum atomic E-state index is 2.41. The average Bonchev–Trinajstić information content (AvgIpc) is 1.86. The van der Waals surface area contributed by atoms with E-state index >= 15 is 0 Å². The zero-order valence-corrected chi connectivity index (χ0v) is 5.17. The fourth-order valence-corrected chi connectivity index (χ4v) is 2.63. The van der Waals surface area contributed by atoms with Crippen molar-refractivity contribution in [3.8, 4) is 0 Å². The second-order valence-corrected chi connectivity index (χ2v) is 4.62. The van der Waals surface area contributed by atoms with Gasteiger partial charge in [0.2, 0.25) is 0 Å². The highest BCUT2D eigenvalue weighted by Crippen LogP contribution is 2.38. The summed E-state index contributed by atoms with van der Waals surface area (Å²) >= 11 is 0. The van der Waals surface area contributed by atoms with Crippen LogP contribution >= 0.6 is 7.92 Å². The molecule has 42 heavy (non-hydrogen) atoms. The molecule has 0 aromatic heterocycles. The van der Waals surface area contributed by atoms with Crippen molar-refractivity contribution in [2.45, 2.75) is 12.8 Å². The fourth-order valence-electron chi connectivity index (χ4n) is 0.875. The first-order valence-electron chi connectivity index (χ1n) is 2.58. The van der Waals surface area contributed by atoms with Crippen LogP contribution in [0.1, 0.15) is 12.8 Å². The summed E-state index contributed by atoms with van der Waals surface area (Å²) in [6, 6.07) is 0. The molecule has 0 spiro atoms. The Hall–Kier alpha value is 2.77. The van der Waals surface area contributed by atoms with Crippen LogP contribution in [0.5, 0.6) is 0 Å². The lowest BCUT2D eigenvalue weighted by Gasteiger charge is -1.93. The Morgan fingerprint density at radius 2 is 0.262 bits per heavy atom. The van der Waals surface area contributed by atoms with Gasteiger partial charge in [0.05, 0.1) is 303 Å². The Labute approximate surface area is 340 Å². The summed E-state index contributed by atoms with van der Waals surface area (Å²) in [5.74, 6) is 0. The van der Waals surface area contributed by atoms with Crippen LogP contribution in [0.25, 0.3) is 0 Å². The van der Waals surface area contributed by atoms with E-state index in [1.54, 1.807) is 12.3 Å². The summed E-state index contributed by atoms with van der Waals surface area (Å²) in [5.41, 5.74) is 0. The van der Waals surface area contributed by atoms with Crippen LogP contribution in [-0.4, -0.2) is 322 Å². The van der Waals surface area contributed by atoms with E-state index in [2.05, 4.69) is 6.66 Å². The van der Waals surface area contributed by atoms with Gasteiger partial charge in [0.1, 0.15) is 0 Å². The van der Waals surface area contributed by atoms with E-state index in [1.165, 1.54) is 12.8 Å². The molecular formula is C5H119B36P. The molecule has 1 aliphatic rings. The number of hydrogen-bond donors (Lipinski definition) is 0. The first-order chi connectivity index (χ1) is 2.89. The quantitative estimate of drug-likeness (QED) is 0.192. The molecule has 1 heterocycles. The fraction of sp³-hybridized carbons (Fsp3) is 1.00. The second kappa shape index (κ2) is 839. The second-order valence-electron chi connectivity index (χ2n) is 2.01. The van der Waals surface area contributed by atoms with Gasteiger partial charge in [-0.05, 0) is 31.8 Å². The largest absolute Gasteiger partial charge is 0.110 e. The lowest BCUT2D eigenvalue weighted by Crippen LogP contribution is -1.65. The lowest BCUT2D eigenvalue weighted by atomic mass is 10.4. The van der Waals surface area contributed by atoms with Gasteiger partial charge in [-0.25, -0.2) is 0 Å². The highest BCUT2D eigenvalue weighted by atomic mass is 31.1. The normalized spacial score (nSPS) is 3.64. The average molecular weight is 600 g/mol. The summed E-state index contributed by atoms with van der Waals surface area (Å²) in [4.78, 5) is 0. The van der Waals surface area contributed by atoms with Crippen molar-refractivity contribution < 1.29 is 0 Å². The summed E-state index contributed by atoms with van der Waals surface area (Å²) in [6.45, 7) is 2.41. The topological polar surface area (TPSA) is 0 Å². The van der Waals surface area contributed by atoms with Crippen LogP contribution in [0, 0.1) is 0 Å². The Bertz CT molecular complexity index is 62.1. The van der Waals surface area contributed by atoms with Crippen molar-refractivity contribution in [2.75, 3.05) is 19.0 Å². The van der Waals surface area contributed by atoms with E-state index in [4.69, 9.17) is 0 Å². The van der Waals surface area contributed by atoms with Crippen molar-refractivity contribution in [1.29, 1.82) is 0 Å². The Morgan fingerprint density at radius 3 is 0.286 bits per heavy atom. The summed E-state index contributed by atoms with van der Waals surface area (Å²) in [7, 11) is 0.535. The van der Waals surface area contributed by atoms with Crippen molar-refractivity contribution >= 4 is 311 Å². The minimum atomic E-state index is 0. The highest BCUT2D eigenvalue weighted by Gasteiger charge is 2.06. The van der Waals surface area contributed by atoms with Crippen LogP contribution in [0.15, 0.2) is 0 Å². The maximum absolute atomic E-state index is 2.41. The molecule has 1 aliphatic heterocycles.